The van der Waals surface area contributed by atoms with Crippen LogP contribution in [0.1, 0.15) is 28.7 Å². The lowest BCUT2D eigenvalue weighted by Gasteiger charge is -2.36. The van der Waals surface area contributed by atoms with Crippen molar-refractivity contribution in [2.75, 3.05) is 7.11 Å². The summed E-state index contributed by atoms with van der Waals surface area (Å²) in [4.78, 5) is 26.3. The zero-order chi connectivity index (χ0) is 25.4. The molecule has 1 N–H and O–H groups in total. The smallest absolute Gasteiger partial charge is 0.328 e. The summed E-state index contributed by atoms with van der Waals surface area (Å²) in [6, 6.07) is 34.7. The van der Waals surface area contributed by atoms with Crippen molar-refractivity contribution in [3.63, 3.8) is 0 Å². The molecule has 36 heavy (non-hydrogen) atoms. The number of rotatable bonds is 9. The van der Waals surface area contributed by atoms with Crippen LogP contribution in [0.15, 0.2) is 115 Å². The van der Waals surface area contributed by atoms with Crippen molar-refractivity contribution in [2.24, 2.45) is 0 Å². The molecule has 0 unspecified atom stereocenters. The van der Waals surface area contributed by atoms with Crippen molar-refractivity contribution in [3.05, 3.63) is 143 Å². The van der Waals surface area contributed by atoms with Crippen molar-refractivity contribution in [3.8, 4) is 0 Å². The Kier molecular flexibility index (Phi) is 7.91. The maximum Gasteiger partial charge on any atom is 0.328 e. The molecule has 0 aromatic heterocycles. The Morgan fingerprint density at radius 1 is 0.750 bits per heavy atom. The Hall–Kier alpha value is -4.25. The summed E-state index contributed by atoms with van der Waals surface area (Å²) in [7, 11) is 1.26. The Bertz CT molecular complexity index is 1200. The summed E-state index contributed by atoms with van der Waals surface area (Å²) in [6.07, 6.45) is 0.0237. The summed E-state index contributed by atoms with van der Waals surface area (Å²) < 4.78 is 19.3. The number of ether oxygens (including phenoxy) is 1. The van der Waals surface area contributed by atoms with Crippen LogP contribution in [0.3, 0.4) is 0 Å². The van der Waals surface area contributed by atoms with Gasteiger partial charge in [-0.3, -0.25) is 4.79 Å². The van der Waals surface area contributed by atoms with Crippen LogP contribution in [0.5, 0.6) is 0 Å². The van der Waals surface area contributed by atoms with Gasteiger partial charge in [-0.15, -0.1) is 0 Å². The molecular weight excluding hydrogens is 453 g/mol. The molecule has 0 heterocycles. The highest BCUT2D eigenvalue weighted by Crippen LogP contribution is 2.42. The van der Waals surface area contributed by atoms with E-state index in [0.29, 0.717) is 5.56 Å². The minimum Gasteiger partial charge on any atom is -0.467 e. The zero-order valence-corrected chi connectivity index (χ0v) is 20.1. The summed E-state index contributed by atoms with van der Waals surface area (Å²) in [5.41, 5.74) is 2.35. The number of esters is 1. The first-order chi connectivity index (χ1) is 17.5. The quantitative estimate of drug-likeness (QED) is 0.255. The van der Waals surface area contributed by atoms with E-state index >= 15 is 0 Å². The van der Waals surface area contributed by atoms with E-state index in [2.05, 4.69) is 5.32 Å². The fourth-order valence-electron chi connectivity index (χ4n) is 4.68. The predicted molar refractivity (Wildman–Crippen MR) is 138 cm³/mol. The molecule has 0 aliphatic heterocycles. The second-order valence-corrected chi connectivity index (χ2v) is 8.62. The number of benzene rings is 4. The fourth-order valence-corrected chi connectivity index (χ4v) is 4.68. The van der Waals surface area contributed by atoms with Crippen LogP contribution in [-0.4, -0.2) is 25.0 Å². The number of hydrogen-bond donors (Lipinski definition) is 1. The Balaban J connectivity index is 1.74. The molecule has 0 saturated carbocycles. The molecule has 4 rings (SSSR count). The van der Waals surface area contributed by atoms with Gasteiger partial charge in [0, 0.05) is 12.8 Å². The summed E-state index contributed by atoms with van der Waals surface area (Å²) in [5.74, 6) is -1.41. The van der Waals surface area contributed by atoms with Crippen molar-refractivity contribution in [1.29, 1.82) is 0 Å². The van der Waals surface area contributed by atoms with Crippen LogP contribution in [0.4, 0.5) is 4.39 Å². The maximum absolute atomic E-state index is 14.3. The molecule has 1 amide bonds. The topological polar surface area (TPSA) is 55.4 Å². The predicted octanol–water partition coefficient (Wildman–Crippen LogP) is 5.45. The lowest BCUT2D eigenvalue weighted by Crippen LogP contribution is -2.46. The van der Waals surface area contributed by atoms with Crippen molar-refractivity contribution >= 4 is 11.9 Å². The Labute approximate surface area is 210 Å². The van der Waals surface area contributed by atoms with E-state index in [1.807, 2.05) is 91.0 Å². The minimum absolute atomic E-state index is 0.0138. The van der Waals surface area contributed by atoms with Crippen LogP contribution in [0.2, 0.25) is 0 Å². The second-order valence-electron chi connectivity index (χ2n) is 8.62. The van der Waals surface area contributed by atoms with Crippen LogP contribution in [-0.2, 0) is 26.2 Å². The van der Waals surface area contributed by atoms with Gasteiger partial charge >= 0.3 is 5.97 Å². The molecule has 0 bridgehead atoms. The molecule has 0 aliphatic rings. The summed E-state index contributed by atoms with van der Waals surface area (Å²) in [5, 5.41) is 2.83. The average Bonchev–Trinajstić information content (AvgIpc) is 2.93. The molecule has 0 saturated heterocycles. The molecule has 0 spiro atoms. The van der Waals surface area contributed by atoms with E-state index < -0.39 is 23.2 Å². The first kappa shape index (κ1) is 24.9. The molecule has 1 atom stereocenters. The van der Waals surface area contributed by atoms with E-state index in [-0.39, 0.29) is 18.7 Å². The van der Waals surface area contributed by atoms with Gasteiger partial charge in [0.2, 0.25) is 5.91 Å². The van der Waals surface area contributed by atoms with Gasteiger partial charge in [-0.2, -0.15) is 0 Å². The highest BCUT2D eigenvalue weighted by molar-refractivity contribution is 5.86. The molecule has 5 heteroatoms. The van der Waals surface area contributed by atoms with Crippen molar-refractivity contribution < 1.29 is 18.7 Å². The Morgan fingerprint density at radius 3 is 1.64 bits per heavy atom. The van der Waals surface area contributed by atoms with Gasteiger partial charge in [-0.1, -0.05) is 109 Å². The first-order valence-corrected chi connectivity index (χ1v) is 11.8. The Morgan fingerprint density at radius 2 is 1.19 bits per heavy atom. The number of amides is 1. The van der Waals surface area contributed by atoms with Gasteiger partial charge in [0.05, 0.1) is 12.5 Å². The third-order valence-electron chi connectivity index (χ3n) is 6.43. The van der Waals surface area contributed by atoms with E-state index in [1.54, 1.807) is 18.2 Å². The average molecular weight is 482 g/mol. The zero-order valence-electron chi connectivity index (χ0n) is 20.1. The molecule has 4 nitrogen and oxygen atoms in total. The minimum atomic E-state index is -1.03. The standard InChI is InChI=1S/C31H28FNO3/c1-36-30(35)28(21-23-13-11-12-20-27(23)32)33-29(34)22-31(24-14-5-2-6-15-24,25-16-7-3-8-17-25)26-18-9-4-10-19-26/h2-20,28H,21-22H2,1H3,(H,33,34)/t28-/m0/s1. The number of halogens is 1. The molecule has 4 aromatic rings. The van der Waals surface area contributed by atoms with Crippen molar-refractivity contribution in [1.82, 2.24) is 5.32 Å². The monoisotopic (exact) mass is 481 g/mol. The normalized spacial score (nSPS) is 11.9. The number of carbonyl (C=O) groups is 2. The molecular formula is C31H28FNO3. The van der Waals surface area contributed by atoms with Gasteiger partial charge in [0.15, 0.2) is 0 Å². The number of nitrogens with one attached hydrogen (secondary N) is 1. The first-order valence-electron chi connectivity index (χ1n) is 11.8. The second kappa shape index (κ2) is 11.5. The molecule has 4 aromatic carbocycles. The van der Waals surface area contributed by atoms with E-state index in [4.69, 9.17) is 4.74 Å². The van der Waals surface area contributed by atoms with Crippen LogP contribution < -0.4 is 5.32 Å². The van der Waals surface area contributed by atoms with Gasteiger partial charge in [0.1, 0.15) is 11.9 Å². The van der Waals surface area contributed by atoms with E-state index in [1.165, 1.54) is 13.2 Å². The third-order valence-corrected chi connectivity index (χ3v) is 6.43. The lowest BCUT2D eigenvalue weighted by molar-refractivity contribution is -0.145. The largest absolute Gasteiger partial charge is 0.467 e. The van der Waals surface area contributed by atoms with Gasteiger partial charge in [0.25, 0.3) is 0 Å². The van der Waals surface area contributed by atoms with E-state index in [0.717, 1.165) is 16.7 Å². The van der Waals surface area contributed by atoms with Crippen LogP contribution in [0.25, 0.3) is 0 Å². The highest BCUT2D eigenvalue weighted by Gasteiger charge is 2.39. The molecule has 0 radical (unpaired) electrons. The van der Waals surface area contributed by atoms with Crippen molar-refractivity contribution in [2.45, 2.75) is 24.3 Å². The lowest BCUT2D eigenvalue weighted by atomic mass is 9.67. The van der Waals surface area contributed by atoms with E-state index in [9.17, 15) is 14.0 Å². The SMILES string of the molecule is COC(=O)[C@H](Cc1ccccc1F)NC(=O)CC(c1ccccc1)(c1ccccc1)c1ccccc1. The van der Waals surface area contributed by atoms with Gasteiger partial charge in [-0.05, 0) is 28.3 Å². The molecule has 0 aliphatic carbocycles. The van der Waals surface area contributed by atoms with Crippen LogP contribution >= 0.6 is 0 Å². The molecule has 0 fully saturated rings. The number of methoxy groups -OCH3 is 1. The molecule has 182 valence electrons. The highest BCUT2D eigenvalue weighted by atomic mass is 19.1. The number of hydrogen-bond acceptors (Lipinski definition) is 3. The third kappa shape index (κ3) is 5.36. The fraction of sp³-hybridized carbons (Fsp3) is 0.161. The van der Waals surface area contributed by atoms with Crippen LogP contribution in [0, 0.1) is 5.82 Å². The number of carbonyl (C=O) groups excluding carboxylic acids is 2. The summed E-state index contributed by atoms with van der Waals surface area (Å²) in [6.45, 7) is 0. The maximum atomic E-state index is 14.3. The van der Waals surface area contributed by atoms with Gasteiger partial charge < -0.3 is 10.1 Å². The van der Waals surface area contributed by atoms with Gasteiger partial charge in [-0.25, -0.2) is 9.18 Å². The summed E-state index contributed by atoms with van der Waals surface area (Å²) >= 11 is 0.